The van der Waals surface area contributed by atoms with Crippen molar-refractivity contribution in [3.8, 4) is 0 Å². The third-order valence-electron chi connectivity index (χ3n) is 4.67. The second-order valence-electron chi connectivity index (χ2n) is 6.73. The van der Waals surface area contributed by atoms with Crippen molar-refractivity contribution < 1.29 is 13.6 Å². The van der Waals surface area contributed by atoms with Gasteiger partial charge in [0.15, 0.2) is 11.6 Å². The maximum atomic E-state index is 13.4. The third-order valence-corrected chi connectivity index (χ3v) is 4.67. The molecule has 2 aromatic rings. The Morgan fingerprint density at radius 2 is 1.78 bits per heavy atom. The number of carbonyl (C=O) groups excluding carboxylic acids is 1. The van der Waals surface area contributed by atoms with Gasteiger partial charge in [-0.15, -0.1) is 0 Å². The highest BCUT2D eigenvalue weighted by Crippen LogP contribution is 2.20. The van der Waals surface area contributed by atoms with Gasteiger partial charge in [0.05, 0.1) is 6.54 Å². The van der Waals surface area contributed by atoms with Crippen LogP contribution in [0.4, 0.5) is 14.5 Å². The van der Waals surface area contributed by atoms with Gasteiger partial charge in [0, 0.05) is 31.9 Å². The van der Waals surface area contributed by atoms with Crippen LogP contribution in [0.3, 0.4) is 0 Å². The number of nitrogens with one attached hydrogen (secondary N) is 1. The van der Waals surface area contributed by atoms with Crippen LogP contribution in [0.2, 0.25) is 0 Å². The minimum Gasteiger partial charge on any atom is -0.375 e. The van der Waals surface area contributed by atoms with Gasteiger partial charge >= 0.3 is 0 Å². The summed E-state index contributed by atoms with van der Waals surface area (Å²) in [5.74, 6) is -1.83. The summed E-state index contributed by atoms with van der Waals surface area (Å²) in [5.41, 5.74) is 1.78. The summed E-state index contributed by atoms with van der Waals surface area (Å²) in [7, 11) is 3.81. The van der Waals surface area contributed by atoms with Crippen LogP contribution < -0.4 is 10.2 Å². The molecule has 1 N–H and O–H groups in total. The van der Waals surface area contributed by atoms with Gasteiger partial charge < -0.3 is 10.2 Å². The van der Waals surface area contributed by atoms with Crippen molar-refractivity contribution in [1.29, 1.82) is 0 Å². The maximum absolute atomic E-state index is 13.4. The molecule has 0 saturated heterocycles. The fourth-order valence-electron chi connectivity index (χ4n) is 2.80. The number of hydrogen-bond acceptors (Lipinski definition) is 3. The van der Waals surface area contributed by atoms with Gasteiger partial charge in [-0.05, 0) is 50.2 Å². The van der Waals surface area contributed by atoms with E-state index in [4.69, 9.17) is 0 Å². The van der Waals surface area contributed by atoms with E-state index in [-0.39, 0.29) is 18.5 Å². The molecule has 0 aliphatic heterocycles. The van der Waals surface area contributed by atoms with Crippen LogP contribution in [0.5, 0.6) is 0 Å². The minimum atomic E-state index is -0.875. The summed E-state index contributed by atoms with van der Waals surface area (Å²) in [6.07, 6.45) is 0.833. The fraction of sp³-hybridized carbons (Fsp3) is 0.381. The standard InChI is InChI=1S/C21H27F2N3O/c1-16(17-10-11-19(22)20(23)14-17)26(3)15-21(27)24-12-7-13-25(2)18-8-5-4-6-9-18/h4-6,8-11,14,16H,7,12-13,15H2,1-3H3,(H,24,27). The third kappa shape index (κ3) is 6.32. The number of likely N-dealkylation sites (N-methyl/N-ethyl adjacent to an activating group) is 1. The van der Waals surface area contributed by atoms with E-state index < -0.39 is 11.6 Å². The van der Waals surface area contributed by atoms with Gasteiger partial charge in [-0.3, -0.25) is 9.69 Å². The molecule has 1 atom stereocenters. The van der Waals surface area contributed by atoms with E-state index in [1.165, 1.54) is 12.1 Å². The van der Waals surface area contributed by atoms with Crippen LogP contribution in [0.1, 0.15) is 24.9 Å². The van der Waals surface area contributed by atoms with E-state index >= 15 is 0 Å². The zero-order chi connectivity index (χ0) is 19.8. The molecule has 2 rings (SSSR count). The lowest BCUT2D eigenvalue weighted by Gasteiger charge is -2.24. The lowest BCUT2D eigenvalue weighted by molar-refractivity contribution is -0.122. The number of nitrogens with zero attached hydrogens (tertiary/aromatic N) is 2. The number of anilines is 1. The van der Waals surface area contributed by atoms with Gasteiger partial charge in [0.1, 0.15) is 0 Å². The molecule has 0 heterocycles. The lowest BCUT2D eigenvalue weighted by atomic mass is 10.1. The Hall–Kier alpha value is -2.47. The van der Waals surface area contributed by atoms with Crippen molar-refractivity contribution in [2.24, 2.45) is 0 Å². The van der Waals surface area contributed by atoms with Crippen LogP contribution >= 0.6 is 0 Å². The molecule has 1 amide bonds. The predicted molar refractivity (Wildman–Crippen MR) is 105 cm³/mol. The first-order chi connectivity index (χ1) is 12.9. The number of rotatable bonds is 9. The zero-order valence-corrected chi connectivity index (χ0v) is 16.1. The second-order valence-corrected chi connectivity index (χ2v) is 6.73. The van der Waals surface area contributed by atoms with Crippen LogP contribution in [-0.2, 0) is 4.79 Å². The normalized spacial score (nSPS) is 12.1. The average Bonchev–Trinajstić information content (AvgIpc) is 2.67. The molecule has 0 aliphatic rings. The molecule has 0 spiro atoms. The second kappa shape index (κ2) is 10.0. The fourth-order valence-corrected chi connectivity index (χ4v) is 2.80. The summed E-state index contributed by atoms with van der Waals surface area (Å²) in [6.45, 7) is 3.47. The quantitative estimate of drug-likeness (QED) is 0.680. The van der Waals surface area contributed by atoms with E-state index in [9.17, 15) is 13.6 Å². The molecule has 0 aromatic heterocycles. The summed E-state index contributed by atoms with van der Waals surface area (Å²) >= 11 is 0. The Balaban J connectivity index is 1.72. The van der Waals surface area contributed by atoms with Crippen LogP contribution in [-0.4, -0.2) is 44.5 Å². The summed E-state index contributed by atoms with van der Waals surface area (Å²) < 4.78 is 26.4. The topological polar surface area (TPSA) is 35.6 Å². The largest absolute Gasteiger partial charge is 0.375 e. The average molecular weight is 375 g/mol. The predicted octanol–water partition coefficient (Wildman–Crippen LogP) is 3.60. The van der Waals surface area contributed by atoms with Gasteiger partial charge in [-0.25, -0.2) is 8.78 Å². The van der Waals surface area contributed by atoms with Crippen LogP contribution in [0, 0.1) is 11.6 Å². The van der Waals surface area contributed by atoms with Crippen LogP contribution in [0.15, 0.2) is 48.5 Å². The molecule has 0 saturated carbocycles. The van der Waals surface area contributed by atoms with Crippen molar-refractivity contribution in [3.05, 3.63) is 65.7 Å². The number of para-hydroxylation sites is 1. The molecular formula is C21H27F2N3O. The lowest BCUT2D eigenvalue weighted by Crippen LogP contribution is -2.37. The van der Waals surface area contributed by atoms with E-state index in [1.807, 2.05) is 44.3 Å². The van der Waals surface area contributed by atoms with Crippen molar-refractivity contribution in [2.75, 3.05) is 38.6 Å². The Morgan fingerprint density at radius 3 is 2.44 bits per heavy atom. The number of benzene rings is 2. The van der Waals surface area contributed by atoms with Crippen LogP contribution in [0.25, 0.3) is 0 Å². The molecule has 27 heavy (non-hydrogen) atoms. The van der Waals surface area contributed by atoms with Crippen molar-refractivity contribution in [2.45, 2.75) is 19.4 Å². The number of halogens is 2. The zero-order valence-electron chi connectivity index (χ0n) is 16.1. The van der Waals surface area contributed by atoms with Crippen molar-refractivity contribution in [3.63, 3.8) is 0 Å². The highest BCUT2D eigenvalue weighted by Gasteiger charge is 2.16. The van der Waals surface area contributed by atoms with Gasteiger partial charge in [-0.1, -0.05) is 24.3 Å². The Kier molecular flexibility index (Phi) is 7.73. The molecule has 0 bridgehead atoms. The van der Waals surface area contributed by atoms with E-state index in [1.54, 1.807) is 11.9 Å². The Labute approximate surface area is 159 Å². The van der Waals surface area contributed by atoms with Crippen molar-refractivity contribution >= 4 is 11.6 Å². The minimum absolute atomic E-state index is 0.0886. The summed E-state index contributed by atoms with van der Waals surface area (Å²) in [5, 5.41) is 2.91. The first-order valence-corrected chi connectivity index (χ1v) is 9.06. The van der Waals surface area contributed by atoms with E-state index in [0.29, 0.717) is 12.1 Å². The molecule has 6 heteroatoms. The maximum Gasteiger partial charge on any atom is 0.234 e. The number of carbonyl (C=O) groups is 1. The SMILES string of the molecule is CC(c1ccc(F)c(F)c1)N(C)CC(=O)NCCCN(C)c1ccccc1. The van der Waals surface area contributed by atoms with Gasteiger partial charge in [0.25, 0.3) is 0 Å². The Morgan fingerprint density at radius 1 is 1.07 bits per heavy atom. The molecular weight excluding hydrogens is 348 g/mol. The van der Waals surface area contributed by atoms with E-state index in [0.717, 1.165) is 24.7 Å². The number of amides is 1. The van der Waals surface area contributed by atoms with Gasteiger partial charge in [-0.2, -0.15) is 0 Å². The van der Waals surface area contributed by atoms with Gasteiger partial charge in [0.2, 0.25) is 5.91 Å². The van der Waals surface area contributed by atoms with Crippen molar-refractivity contribution in [1.82, 2.24) is 10.2 Å². The monoisotopic (exact) mass is 375 g/mol. The van der Waals surface area contributed by atoms with E-state index in [2.05, 4.69) is 10.2 Å². The highest BCUT2D eigenvalue weighted by atomic mass is 19.2. The molecule has 146 valence electrons. The first-order valence-electron chi connectivity index (χ1n) is 9.06. The molecule has 0 fully saturated rings. The molecule has 0 aliphatic carbocycles. The molecule has 0 radical (unpaired) electrons. The Bertz CT molecular complexity index is 739. The molecule has 2 aromatic carbocycles. The molecule has 4 nitrogen and oxygen atoms in total. The first kappa shape index (κ1) is 20.8. The smallest absolute Gasteiger partial charge is 0.234 e. The highest BCUT2D eigenvalue weighted by molar-refractivity contribution is 5.78. The summed E-state index contributed by atoms with van der Waals surface area (Å²) in [4.78, 5) is 16.1. The number of hydrogen-bond donors (Lipinski definition) is 1. The summed E-state index contributed by atoms with van der Waals surface area (Å²) in [6, 6.07) is 13.7. The molecule has 1 unspecified atom stereocenters.